The summed E-state index contributed by atoms with van der Waals surface area (Å²) in [7, 11) is 2.90. The number of carbonyl (C=O) groups excluding carboxylic acids is 1. The number of pyridine rings is 1. The van der Waals surface area contributed by atoms with Crippen molar-refractivity contribution >= 4 is 5.91 Å². The lowest BCUT2D eigenvalue weighted by molar-refractivity contribution is 0.0948. The third kappa shape index (κ3) is 5.47. The Bertz CT molecular complexity index is 1390. The number of aromatic nitrogens is 5. The lowest BCUT2D eigenvalue weighted by Crippen LogP contribution is -2.26. The molecule has 0 spiro atoms. The van der Waals surface area contributed by atoms with Gasteiger partial charge in [-0.1, -0.05) is 30.3 Å². The molecule has 2 N–H and O–H groups in total. The lowest BCUT2D eigenvalue weighted by atomic mass is 9.93. The monoisotopic (exact) mass is 492 g/mol. The van der Waals surface area contributed by atoms with E-state index in [0.717, 1.165) is 17.3 Å². The second kappa shape index (κ2) is 11.4. The number of carbonyl (C=O) groups is 1. The van der Waals surface area contributed by atoms with Gasteiger partial charge in [-0.05, 0) is 17.2 Å². The van der Waals surface area contributed by atoms with Crippen molar-refractivity contribution in [1.82, 2.24) is 30.3 Å². The summed E-state index contributed by atoms with van der Waals surface area (Å²) in [5, 5.41) is 17.0. The number of ether oxygens (including phenoxy) is 2. The highest BCUT2D eigenvalue weighted by Crippen LogP contribution is 2.27. The van der Waals surface area contributed by atoms with Gasteiger partial charge in [0.05, 0.1) is 50.5 Å². The Balaban J connectivity index is 1.52. The molecular formula is C25H25FN6O4. The number of halogens is 1. The average Bonchev–Trinajstić information content (AvgIpc) is 3.38. The first-order valence-electron chi connectivity index (χ1n) is 11.1. The molecular weight excluding hydrogens is 467 g/mol. The number of aromatic amines is 1. The molecule has 186 valence electrons. The molecule has 0 fully saturated rings. The Morgan fingerprint density at radius 2 is 1.97 bits per heavy atom. The van der Waals surface area contributed by atoms with E-state index in [0.29, 0.717) is 17.8 Å². The second-order valence-electron chi connectivity index (χ2n) is 7.97. The molecule has 1 unspecified atom stereocenters. The molecule has 0 aliphatic rings. The van der Waals surface area contributed by atoms with Crippen molar-refractivity contribution in [2.45, 2.75) is 19.0 Å². The van der Waals surface area contributed by atoms with Crippen LogP contribution in [-0.4, -0.2) is 51.7 Å². The number of amides is 1. The first-order valence-corrected chi connectivity index (χ1v) is 11.1. The van der Waals surface area contributed by atoms with Crippen LogP contribution in [0.3, 0.4) is 0 Å². The highest BCUT2D eigenvalue weighted by atomic mass is 19.1. The summed E-state index contributed by atoms with van der Waals surface area (Å²) < 4.78 is 26.3. The molecule has 0 bridgehead atoms. The molecule has 36 heavy (non-hydrogen) atoms. The first kappa shape index (κ1) is 24.7. The van der Waals surface area contributed by atoms with Crippen molar-refractivity contribution in [2.75, 3.05) is 20.8 Å². The predicted octanol–water partition coefficient (Wildman–Crippen LogP) is 2.27. The average molecular weight is 493 g/mol. The minimum absolute atomic E-state index is 0.0469. The van der Waals surface area contributed by atoms with Gasteiger partial charge < -0.3 is 19.4 Å². The molecule has 0 saturated carbocycles. The summed E-state index contributed by atoms with van der Waals surface area (Å²) in [4.78, 5) is 24.9. The van der Waals surface area contributed by atoms with Crippen LogP contribution in [0.4, 0.5) is 4.39 Å². The molecule has 0 aliphatic carbocycles. The third-order valence-corrected chi connectivity index (χ3v) is 5.69. The minimum Gasteiger partial charge on any atom is -0.492 e. The number of hydrogen-bond acceptors (Lipinski definition) is 7. The van der Waals surface area contributed by atoms with Crippen molar-refractivity contribution in [2.24, 2.45) is 0 Å². The molecule has 1 amide bonds. The van der Waals surface area contributed by atoms with Crippen molar-refractivity contribution in [3.8, 4) is 5.75 Å². The van der Waals surface area contributed by atoms with Gasteiger partial charge in [0.1, 0.15) is 5.69 Å². The van der Waals surface area contributed by atoms with E-state index in [4.69, 9.17) is 9.47 Å². The lowest BCUT2D eigenvalue weighted by Gasteiger charge is -2.17. The number of nitrogens with zero attached hydrogens (tertiary/aromatic N) is 4. The van der Waals surface area contributed by atoms with Gasteiger partial charge in [-0.3, -0.25) is 14.7 Å². The zero-order valence-corrected chi connectivity index (χ0v) is 19.8. The standard InChI is InChI=1S/C25H25FN6O4/c1-35-15-19(17-8-6-16(7-9-17)14-32-10-4-3-5-22(32)33)24-18(11-28-31-24)25(34)27-12-20-23(26)21(36-2)13-29-30-20/h3-11,13,19H,12,14-15H2,1-2H3,(H,27,34)(H,28,31). The summed E-state index contributed by atoms with van der Waals surface area (Å²) >= 11 is 0. The second-order valence-corrected chi connectivity index (χ2v) is 7.97. The highest BCUT2D eigenvalue weighted by Gasteiger charge is 2.24. The fraction of sp³-hybridized carbons (Fsp3) is 0.240. The number of hydrogen-bond donors (Lipinski definition) is 2. The Labute approximate surface area is 206 Å². The molecule has 4 rings (SSSR count). The van der Waals surface area contributed by atoms with Crippen LogP contribution in [-0.2, 0) is 17.8 Å². The molecule has 3 heterocycles. The topological polar surface area (TPSA) is 124 Å². The minimum atomic E-state index is -0.685. The van der Waals surface area contributed by atoms with E-state index >= 15 is 0 Å². The van der Waals surface area contributed by atoms with Crippen LogP contribution in [0.2, 0.25) is 0 Å². The summed E-state index contributed by atoms with van der Waals surface area (Å²) in [5.74, 6) is -1.52. The van der Waals surface area contributed by atoms with Gasteiger partial charge in [0.25, 0.3) is 11.5 Å². The molecule has 0 saturated heterocycles. The van der Waals surface area contributed by atoms with Gasteiger partial charge in [0.15, 0.2) is 11.6 Å². The number of nitrogens with one attached hydrogen (secondary N) is 2. The van der Waals surface area contributed by atoms with Crippen LogP contribution >= 0.6 is 0 Å². The van der Waals surface area contributed by atoms with Gasteiger partial charge in [-0.2, -0.15) is 15.3 Å². The third-order valence-electron chi connectivity index (χ3n) is 5.69. The molecule has 0 aliphatic heterocycles. The van der Waals surface area contributed by atoms with Crippen molar-refractivity contribution < 1.29 is 18.7 Å². The molecule has 11 heteroatoms. The highest BCUT2D eigenvalue weighted by molar-refractivity contribution is 5.95. The van der Waals surface area contributed by atoms with Crippen LogP contribution in [0.1, 0.15) is 38.8 Å². The molecule has 4 aromatic rings. The number of rotatable bonds is 10. The van der Waals surface area contributed by atoms with E-state index in [1.165, 1.54) is 19.4 Å². The van der Waals surface area contributed by atoms with Crippen LogP contribution < -0.4 is 15.6 Å². The normalized spacial score (nSPS) is 11.8. The Morgan fingerprint density at radius 3 is 2.69 bits per heavy atom. The molecule has 10 nitrogen and oxygen atoms in total. The van der Waals surface area contributed by atoms with Crippen LogP contribution in [0.5, 0.6) is 5.75 Å². The summed E-state index contributed by atoms with van der Waals surface area (Å²) in [6, 6.07) is 12.7. The van der Waals surface area contributed by atoms with Crippen LogP contribution in [0, 0.1) is 5.82 Å². The fourth-order valence-electron chi connectivity index (χ4n) is 3.81. The Hall–Kier alpha value is -4.38. The summed E-state index contributed by atoms with van der Waals surface area (Å²) in [5.41, 5.74) is 2.57. The largest absolute Gasteiger partial charge is 0.492 e. The van der Waals surface area contributed by atoms with Crippen molar-refractivity contribution in [3.63, 3.8) is 0 Å². The molecule has 1 aromatic carbocycles. The van der Waals surface area contributed by atoms with Crippen molar-refractivity contribution in [1.29, 1.82) is 0 Å². The van der Waals surface area contributed by atoms with Gasteiger partial charge in [0, 0.05) is 25.3 Å². The van der Waals surface area contributed by atoms with E-state index in [2.05, 4.69) is 25.7 Å². The summed E-state index contributed by atoms with van der Waals surface area (Å²) in [6.07, 6.45) is 4.31. The zero-order chi connectivity index (χ0) is 25.5. The first-order chi connectivity index (χ1) is 17.5. The van der Waals surface area contributed by atoms with Gasteiger partial charge in [0.2, 0.25) is 0 Å². The zero-order valence-electron chi connectivity index (χ0n) is 19.8. The van der Waals surface area contributed by atoms with Crippen molar-refractivity contribution in [3.05, 3.63) is 105 Å². The maximum atomic E-state index is 14.4. The SMILES string of the molecule is COCC(c1ccc(Cn2ccccc2=O)cc1)c1[nH]ncc1C(=O)NCc1nncc(OC)c1F. The summed E-state index contributed by atoms with van der Waals surface area (Å²) in [6.45, 7) is 0.550. The van der Waals surface area contributed by atoms with Crippen LogP contribution in [0.25, 0.3) is 0 Å². The Morgan fingerprint density at radius 1 is 1.17 bits per heavy atom. The number of H-pyrrole nitrogens is 1. The van der Waals surface area contributed by atoms with E-state index in [1.807, 2.05) is 30.3 Å². The van der Waals surface area contributed by atoms with E-state index in [9.17, 15) is 14.0 Å². The van der Waals surface area contributed by atoms with Gasteiger partial charge >= 0.3 is 0 Å². The van der Waals surface area contributed by atoms with E-state index in [-0.39, 0.29) is 36.1 Å². The number of methoxy groups -OCH3 is 2. The predicted molar refractivity (Wildman–Crippen MR) is 128 cm³/mol. The van der Waals surface area contributed by atoms with Gasteiger partial charge in [-0.25, -0.2) is 4.39 Å². The van der Waals surface area contributed by atoms with Crippen LogP contribution in [0.15, 0.2) is 65.8 Å². The van der Waals surface area contributed by atoms with Gasteiger partial charge in [-0.15, -0.1) is 0 Å². The smallest absolute Gasteiger partial charge is 0.255 e. The van der Waals surface area contributed by atoms with E-state index < -0.39 is 11.7 Å². The maximum Gasteiger partial charge on any atom is 0.255 e. The fourth-order valence-corrected chi connectivity index (χ4v) is 3.81. The molecule has 3 aromatic heterocycles. The Kier molecular flexibility index (Phi) is 7.81. The van der Waals surface area contributed by atoms with E-state index in [1.54, 1.807) is 23.9 Å². The maximum absolute atomic E-state index is 14.4. The number of benzene rings is 1. The quantitative estimate of drug-likeness (QED) is 0.348. The molecule has 0 radical (unpaired) electrons. The molecule has 1 atom stereocenters.